The number of carbonyl (C=O) groups excluding carboxylic acids is 1. The predicted octanol–water partition coefficient (Wildman–Crippen LogP) is 4.78. The van der Waals surface area contributed by atoms with Gasteiger partial charge >= 0.3 is 6.03 Å². The van der Waals surface area contributed by atoms with E-state index in [2.05, 4.69) is 46.4 Å². The Bertz CT molecular complexity index is 911. The van der Waals surface area contributed by atoms with Crippen molar-refractivity contribution in [3.8, 4) is 0 Å². The normalized spacial score (nSPS) is 10.6. The van der Waals surface area contributed by atoms with Crippen LogP contribution in [0.5, 0.6) is 0 Å². The molecule has 0 atom stereocenters. The molecule has 0 unspecified atom stereocenters. The number of carbonyl (C=O) groups is 1. The molecule has 4 nitrogen and oxygen atoms in total. The molecule has 3 aromatic rings. The summed E-state index contributed by atoms with van der Waals surface area (Å²) in [7, 11) is 0. The smallest absolute Gasteiger partial charge is 0.319 e. The summed E-state index contributed by atoms with van der Waals surface area (Å²) in [5, 5.41) is 5.88. The van der Waals surface area contributed by atoms with Crippen molar-refractivity contribution in [2.45, 2.75) is 33.9 Å². The van der Waals surface area contributed by atoms with Gasteiger partial charge in [-0.25, -0.2) is 4.79 Å². The third-order valence-electron chi connectivity index (χ3n) is 4.64. The third kappa shape index (κ3) is 4.33. The quantitative estimate of drug-likeness (QED) is 0.685. The first kappa shape index (κ1) is 17.8. The SMILES string of the molecule is Cc1cccc(Cn2cccc2CNC(=O)Nc2cccc(C)c2C)c1. The van der Waals surface area contributed by atoms with Gasteiger partial charge in [-0.1, -0.05) is 42.0 Å². The highest BCUT2D eigenvalue weighted by Crippen LogP contribution is 2.17. The summed E-state index contributed by atoms with van der Waals surface area (Å²) in [4.78, 5) is 12.3. The minimum Gasteiger partial charge on any atom is -0.345 e. The van der Waals surface area contributed by atoms with E-state index in [9.17, 15) is 4.79 Å². The van der Waals surface area contributed by atoms with Crippen LogP contribution in [0, 0.1) is 20.8 Å². The zero-order valence-corrected chi connectivity index (χ0v) is 15.5. The Hall–Kier alpha value is -3.01. The number of hydrogen-bond acceptors (Lipinski definition) is 1. The molecule has 0 aliphatic heterocycles. The zero-order valence-electron chi connectivity index (χ0n) is 15.5. The summed E-state index contributed by atoms with van der Waals surface area (Å²) in [6.45, 7) is 7.42. The van der Waals surface area contributed by atoms with Gasteiger partial charge in [0.2, 0.25) is 0 Å². The van der Waals surface area contributed by atoms with Crippen molar-refractivity contribution in [3.63, 3.8) is 0 Å². The average molecular weight is 347 g/mol. The Morgan fingerprint density at radius 3 is 2.62 bits per heavy atom. The van der Waals surface area contributed by atoms with Crippen LogP contribution in [-0.4, -0.2) is 10.6 Å². The van der Waals surface area contributed by atoms with E-state index < -0.39 is 0 Å². The molecule has 4 heteroatoms. The third-order valence-corrected chi connectivity index (χ3v) is 4.64. The molecule has 26 heavy (non-hydrogen) atoms. The molecule has 0 aliphatic carbocycles. The summed E-state index contributed by atoms with van der Waals surface area (Å²) in [5.41, 5.74) is 6.67. The van der Waals surface area contributed by atoms with E-state index in [0.29, 0.717) is 6.54 Å². The molecule has 0 radical (unpaired) electrons. The van der Waals surface area contributed by atoms with Crippen molar-refractivity contribution in [2.24, 2.45) is 0 Å². The molecule has 0 aliphatic rings. The van der Waals surface area contributed by atoms with Gasteiger partial charge in [0.05, 0.1) is 6.54 Å². The largest absolute Gasteiger partial charge is 0.345 e. The Balaban J connectivity index is 1.61. The summed E-state index contributed by atoms with van der Waals surface area (Å²) < 4.78 is 2.16. The van der Waals surface area contributed by atoms with E-state index in [1.54, 1.807) is 0 Å². The van der Waals surface area contributed by atoms with Crippen LogP contribution in [0.25, 0.3) is 0 Å². The van der Waals surface area contributed by atoms with Gasteiger partial charge in [-0.05, 0) is 55.7 Å². The van der Waals surface area contributed by atoms with Crippen LogP contribution < -0.4 is 10.6 Å². The van der Waals surface area contributed by atoms with Gasteiger partial charge in [0.25, 0.3) is 0 Å². The Morgan fingerprint density at radius 1 is 1.00 bits per heavy atom. The van der Waals surface area contributed by atoms with Crippen LogP contribution in [0.3, 0.4) is 0 Å². The Kier molecular flexibility index (Phi) is 5.42. The second kappa shape index (κ2) is 7.91. The molecule has 0 bridgehead atoms. The monoisotopic (exact) mass is 347 g/mol. The van der Waals surface area contributed by atoms with Crippen molar-refractivity contribution in [1.82, 2.24) is 9.88 Å². The molecule has 2 aromatic carbocycles. The molecular weight excluding hydrogens is 322 g/mol. The minimum absolute atomic E-state index is 0.193. The molecule has 1 heterocycles. The highest BCUT2D eigenvalue weighted by molar-refractivity contribution is 5.90. The van der Waals surface area contributed by atoms with Crippen molar-refractivity contribution in [3.05, 3.63) is 88.7 Å². The van der Waals surface area contributed by atoms with Crippen LogP contribution in [0.15, 0.2) is 60.8 Å². The molecule has 2 N–H and O–H groups in total. The number of nitrogens with one attached hydrogen (secondary N) is 2. The van der Waals surface area contributed by atoms with E-state index in [1.807, 2.05) is 50.4 Å². The average Bonchev–Trinajstić information content (AvgIpc) is 3.04. The lowest BCUT2D eigenvalue weighted by Crippen LogP contribution is -2.29. The lowest BCUT2D eigenvalue weighted by Gasteiger charge is -2.13. The number of nitrogens with zero attached hydrogens (tertiary/aromatic N) is 1. The van der Waals surface area contributed by atoms with E-state index in [1.165, 1.54) is 11.1 Å². The number of benzene rings is 2. The molecule has 2 amide bonds. The van der Waals surface area contributed by atoms with E-state index in [4.69, 9.17) is 0 Å². The number of anilines is 1. The summed E-state index contributed by atoms with van der Waals surface area (Å²) in [6.07, 6.45) is 2.04. The zero-order chi connectivity index (χ0) is 18.5. The first-order chi connectivity index (χ1) is 12.5. The van der Waals surface area contributed by atoms with Crippen LogP contribution in [0.1, 0.15) is 27.9 Å². The highest BCUT2D eigenvalue weighted by Gasteiger charge is 2.07. The second-order valence-corrected chi connectivity index (χ2v) is 6.67. The van der Waals surface area contributed by atoms with Gasteiger partial charge in [0.15, 0.2) is 0 Å². The van der Waals surface area contributed by atoms with Gasteiger partial charge in [-0.3, -0.25) is 0 Å². The van der Waals surface area contributed by atoms with Crippen LogP contribution in [0.4, 0.5) is 10.5 Å². The summed E-state index contributed by atoms with van der Waals surface area (Å²) in [5.74, 6) is 0. The first-order valence-corrected chi connectivity index (χ1v) is 8.83. The van der Waals surface area contributed by atoms with E-state index in [-0.39, 0.29) is 6.03 Å². The summed E-state index contributed by atoms with van der Waals surface area (Å²) in [6, 6.07) is 18.2. The fourth-order valence-electron chi connectivity index (χ4n) is 3.00. The predicted molar refractivity (Wildman–Crippen MR) is 106 cm³/mol. The molecule has 0 spiro atoms. The van der Waals surface area contributed by atoms with Crippen LogP contribution >= 0.6 is 0 Å². The van der Waals surface area contributed by atoms with Gasteiger partial charge in [0, 0.05) is 24.1 Å². The first-order valence-electron chi connectivity index (χ1n) is 8.83. The van der Waals surface area contributed by atoms with Crippen molar-refractivity contribution in [2.75, 3.05) is 5.32 Å². The Morgan fingerprint density at radius 2 is 1.81 bits per heavy atom. The molecule has 0 saturated carbocycles. The lowest BCUT2D eigenvalue weighted by atomic mass is 10.1. The van der Waals surface area contributed by atoms with E-state index in [0.717, 1.165) is 29.1 Å². The van der Waals surface area contributed by atoms with Gasteiger partial charge < -0.3 is 15.2 Å². The van der Waals surface area contributed by atoms with Crippen LogP contribution in [-0.2, 0) is 13.1 Å². The molecule has 0 saturated heterocycles. The number of hydrogen-bond donors (Lipinski definition) is 2. The van der Waals surface area contributed by atoms with Crippen molar-refractivity contribution in [1.29, 1.82) is 0 Å². The van der Waals surface area contributed by atoms with Crippen LogP contribution in [0.2, 0.25) is 0 Å². The highest BCUT2D eigenvalue weighted by atomic mass is 16.2. The minimum atomic E-state index is -0.193. The molecule has 3 rings (SSSR count). The lowest BCUT2D eigenvalue weighted by molar-refractivity contribution is 0.251. The fraction of sp³-hybridized carbons (Fsp3) is 0.227. The molecular formula is C22H25N3O. The van der Waals surface area contributed by atoms with Gasteiger partial charge in [-0.15, -0.1) is 0 Å². The topological polar surface area (TPSA) is 46.1 Å². The number of aryl methyl sites for hydroxylation is 2. The maximum atomic E-state index is 12.3. The van der Waals surface area contributed by atoms with Gasteiger partial charge in [-0.2, -0.15) is 0 Å². The maximum Gasteiger partial charge on any atom is 0.319 e. The van der Waals surface area contributed by atoms with Crippen molar-refractivity contribution >= 4 is 11.7 Å². The number of rotatable bonds is 5. The number of amides is 2. The van der Waals surface area contributed by atoms with E-state index >= 15 is 0 Å². The molecule has 0 fully saturated rings. The number of urea groups is 1. The molecule has 134 valence electrons. The summed E-state index contributed by atoms with van der Waals surface area (Å²) >= 11 is 0. The van der Waals surface area contributed by atoms with Gasteiger partial charge in [0.1, 0.15) is 0 Å². The maximum absolute atomic E-state index is 12.3. The number of aromatic nitrogens is 1. The molecule has 1 aromatic heterocycles. The second-order valence-electron chi connectivity index (χ2n) is 6.67. The van der Waals surface area contributed by atoms with Crippen molar-refractivity contribution < 1.29 is 4.79 Å². The fourth-order valence-corrected chi connectivity index (χ4v) is 3.00. The Labute approximate surface area is 154 Å². The standard InChI is InChI=1S/C22H25N3O/c1-16-7-4-9-19(13-16)15-25-12-6-10-20(25)14-23-22(26)24-21-11-5-8-17(2)18(21)3/h4-13H,14-15H2,1-3H3,(H2,23,24,26).